The topological polar surface area (TPSA) is 118 Å². The number of rotatable bonds is 3. The van der Waals surface area contributed by atoms with Gasteiger partial charge in [-0.05, 0) is 12.1 Å². The molecule has 0 atom stereocenters. The van der Waals surface area contributed by atoms with Gasteiger partial charge in [-0.3, -0.25) is 10.1 Å². The second-order valence-corrected chi connectivity index (χ2v) is 5.07. The van der Waals surface area contributed by atoms with Crippen molar-refractivity contribution < 1.29 is 33.5 Å². The van der Waals surface area contributed by atoms with Crippen LogP contribution < -0.4 is 0 Å². The molecule has 0 saturated heterocycles. The second-order valence-electron chi connectivity index (χ2n) is 4.26. The Morgan fingerprint density at radius 2 is 1.48 bits per heavy atom. The lowest BCUT2D eigenvalue weighted by atomic mass is 10.2. The zero-order chi connectivity index (χ0) is 19.3. The van der Waals surface area contributed by atoms with E-state index in [4.69, 9.17) is 33.4 Å². The minimum absolute atomic E-state index is 0.176. The molecule has 0 heterocycles. The minimum atomic E-state index is -1.60. The lowest BCUT2D eigenvalue weighted by Gasteiger charge is -1.99. The fraction of sp³-hybridized carbons (Fsp3) is 0. The highest BCUT2D eigenvalue weighted by Gasteiger charge is 2.19. The molecule has 2 N–H and O–H groups in total. The number of benzene rings is 2. The van der Waals surface area contributed by atoms with E-state index in [1.165, 1.54) is 12.1 Å². The molecule has 0 aliphatic heterocycles. The quantitative estimate of drug-likeness (QED) is 0.593. The van der Waals surface area contributed by atoms with E-state index in [-0.39, 0.29) is 5.02 Å². The molecule has 0 amide bonds. The zero-order valence-corrected chi connectivity index (χ0v) is 13.4. The van der Waals surface area contributed by atoms with Gasteiger partial charge in [-0.25, -0.2) is 18.4 Å². The minimum Gasteiger partial charge on any atom is -0.478 e. The Labute approximate surface area is 148 Å². The van der Waals surface area contributed by atoms with Crippen molar-refractivity contribution in [3.8, 4) is 0 Å². The average molecular weight is 394 g/mol. The Hall–Kier alpha value is -2.78. The van der Waals surface area contributed by atoms with Crippen LogP contribution in [-0.4, -0.2) is 27.1 Å². The number of non-ortho nitro benzene ring substituents is 1. The molecular formula is C14H7Cl2F2NO6. The van der Waals surface area contributed by atoms with Crippen LogP contribution >= 0.6 is 23.2 Å². The molecule has 132 valence electrons. The lowest BCUT2D eigenvalue weighted by Crippen LogP contribution is -2.02. The summed E-state index contributed by atoms with van der Waals surface area (Å²) in [5.41, 5.74) is -1.78. The van der Waals surface area contributed by atoms with Crippen molar-refractivity contribution in [3.05, 3.63) is 73.3 Å². The molecule has 0 radical (unpaired) electrons. The molecule has 0 aliphatic carbocycles. The fourth-order valence-electron chi connectivity index (χ4n) is 1.50. The van der Waals surface area contributed by atoms with Crippen LogP contribution in [-0.2, 0) is 0 Å². The summed E-state index contributed by atoms with van der Waals surface area (Å²) in [7, 11) is 0. The van der Waals surface area contributed by atoms with Gasteiger partial charge >= 0.3 is 11.9 Å². The van der Waals surface area contributed by atoms with Gasteiger partial charge in [0.15, 0.2) is 11.6 Å². The molecule has 2 aromatic carbocycles. The normalized spacial score (nSPS) is 9.76. The van der Waals surface area contributed by atoms with Gasteiger partial charge in [0, 0.05) is 12.1 Å². The Morgan fingerprint density at radius 3 is 1.92 bits per heavy atom. The Morgan fingerprint density at radius 1 is 0.960 bits per heavy atom. The van der Waals surface area contributed by atoms with Crippen LogP contribution in [0.3, 0.4) is 0 Å². The molecule has 0 bridgehead atoms. The van der Waals surface area contributed by atoms with Crippen LogP contribution in [0.2, 0.25) is 10.0 Å². The third-order valence-corrected chi connectivity index (χ3v) is 3.20. The highest BCUT2D eigenvalue weighted by Crippen LogP contribution is 2.25. The van der Waals surface area contributed by atoms with Crippen molar-refractivity contribution in [1.82, 2.24) is 0 Å². The second kappa shape index (κ2) is 8.36. The smallest absolute Gasteiger partial charge is 0.338 e. The summed E-state index contributed by atoms with van der Waals surface area (Å²) in [6.07, 6.45) is 0. The number of nitro benzene ring substituents is 1. The molecule has 11 heteroatoms. The number of nitro groups is 1. The van der Waals surface area contributed by atoms with E-state index in [1.54, 1.807) is 0 Å². The maximum absolute atomic E-state index is 13.0. The van der Waals surface area contributed by atoms with Crippen molar-refractivity contribution in [1.29, 1.82) is 0 Å². The highest BCUT2D eigenvalue weighted by molar-refractivity contribution is 6.31. The van der Waals surface area contributed by atoms with Crippen molar-refractivity contribution in [2.75, 3.05) is 0 Å². The van der Waals surface area contributed by atoms with Gasteiger partial charge in [0.25, 0.3) is 5.69 Å². The highest BCUT2D eigenvalue weighted by atomic mass is 35.5. The van der Waals surface area contributed by atoms with E-state index < -0.39 is 50.3 Å². The molecule has 7 nitrogen and oxygen atoms in total. The molecule has 0 saturated carbocycles. The van der Waals surface area contributed by atoms with Crippen molar-refractivity contribution >= 4 is 40.8 Å². The lowest BCUT2D eigenvalue weighted by molar-refractivity contribution is -0.384. The number of carboxylic acids is 2. The van der Waals surface area contributed by atoms with E-state index >= 15 is 0 Å². The van der Waals surface area contributed by atoms with Crippen molar-refractivity contribution in [2.24, 2.45) is 0 Å². The standard InChI is InChI=1S/C7H3ClFNO4.C7H4ClFO2/c8-5-2-3(10(13)14)1-4(6(5)9)7(11)12;8-5-3-1-2-4(6(5)9)7(10)11/h1-2H,(H,11,12);1-3H,(H,10,11). The molecule has 0 aromatic heterocycles. The first-order valence-corrected chi connectivity index (χ1v) is 6.85. The molecule has 0 aliphatic rings. The molecule has 0 unspecified atom stereocenters. The van der Waals surface area contributed by atoms with Crippen LogP contribution in [0.4, 0.5) is 14.5 Å². The predicted molar refractivity (Wildman–Crippen MR) is 83.4 cm³/mol. The van der Waals surface area contributed by atoms with Gasteiger partial charge in [0.1, 0.15) is 5.56 Å². The number of aromatic carboxylic acids is 2. The summed E-state index contributed by atoms with van der Waals surface area (Å²) in [6.45, 7) is 0. The van der Waals surface area contributed by atoms with Crippen LogP contribution in [0, 0.1) is 21.7 Å². The predicted octanol–water partition coefficient (Wildman–Crippen LogP) is 4.26. The van der Waals surface area contributed by atoms with Gasteiger partial charge < -0.3 is 10.2 Å². The van der Waals surface area contributed by atoms with Crippen LogP contribution in [0.1, 0.15) is 20.7 Å². The van der Waals surface area contributed by atoms with E-state index in [2.05, 4.69) is 0 Å². The maximum atomic E-state index is 13.0. The van der Waals surface area contributed by atoms with Gasteiger partial charge in [-0.15, -0.1) is 0 Å². The summed E-state index contributed by atoms with van der Waals surface area (Å²) >= 11 is 10.6. The summed E-state index contributed by atoms with van der Waals surface area (Å²) in [4.78, 5) is 30.1. The van der Waals surface area contributed by atoms with Gasteiger partial charge in [-0.1, -0.05) is 29.3 Å². The van der Waals surface area contributed by atoms with E-state index in [0.29, 0.717) is 6.07 Å². The van der Waals surface area contributed by atoms with Crippen molar-refractivity contribution in [2.45, 2.75) is 0 Å². The summed E-state index contributed by atoms with van der Waals surface area (Å²) in [6, 6.07) is 5.20. The molecule has 2 aromatic rings. The number of hydrogen-bond acceptors (Lipinski definition) is 4. The molecule has 25 heavy (non-hydrogen) atoms. The van der Waals surface area contributed by atoms with Crippen LogP contribution in [0.25, 0.3) is 0 Å². The number of carboxylic acid groups (broad SMARTS) is 2. The first-order chi connectivity index (χ1) is 11.6. The number of carbonyl (C=O) groups is 2. The molecule has 0 fully saturated rings. The fourth-order valence-corrected chi connectivity index (χ4v) is 1.89. The van der Waals surface area contributed by atoms with E-state index in [0.717, 1.165) is 12.1 Å². The SMILES string of the molecule is O=C(O)c1cc([N+](=O)[O-])cc(Cl)c1F.O=C(O)c1cccc(Cl)c1F. The summed E-state index contributed by atoms with van der Waals surface area (Å²) in [5, 5.41) is 26.4. The Kier molecular flexibility index (Phi) is 6.77. The monoisotopic (exact) mass is 393 g/mol. The molecular weight excluding hydrogens is 387 g/mol. The van der Waals surface area contributed by atoms with Crippen molar-refractivity contribution in [3.63, 3.8) is 0 Å². The summed E-state index contributed by atoms with van der Waals surface area (Å²) in [5.74, 6) is -4.98. The van der Waals surface area contributed by atoms with E-state index in [1.807, 2.05) is 0 Å². The first kappa shape index (κ1) is 20.3. The molecule has 2 rings (SSSR count). The Bertz CT molecular complexity index is 859. The maximum Gasteiger partial charge on any atom is 0.338 e. The van der Waals surface area contributed by atoms with Gasteiger partial charge in [-0.2, -0.15) is 0 Å². The average Bonchev–Trinajstić information content (AvgIpc) is 2.52. The number of nitrogens with zero attached hydrogens (tertiary/aromatic N) is 1. The van der Waals surface area contributed by atoms with Crippen LogP contribution in [0.5, 0.6) is 0 Å². The number of hydrogen-bond donors (Lipinski definition) is 2. The third-order valence-electron chi connectivity index (χ3n) is 2.64. The largest absolute Gasteiger partial charge is 0.478 e. The van der Waals surface area contributed by atoms with Crippen LogP contribution in [0.15, 0.2) is 30.3 Å². The first-order valence-electron chi connectivity index (χ1n) is 6.10. The number of halogens is 4. The Balaban J connectivity index is 0.000000257. The van der Waals surface area contributed by atoms with E-state index in [9.17, 15) is 28.5 Å². The zero-order valence-electron chi connectivity index (χ0n) is 11.9. The third kappa shape index (κ3) is 5.10. The summed E-state index contributed by atoms with van der Waals surface area (Å²) < 4.78 is 25.7. The van der Waals surface area contributed by atoms with Gasteiger partial charge in [0.05, 0.1) is 20.5 Å². The molecule has 0 spiro atoms. The van der Waals surface area contributed by atoms with Gasteiger partial charge in [0.2, 0.25) is 0 Å².